The minimum absolute atomic E-state index is 0.0102. The van der Waals surface area contributed by atoms with Gasteiger partial charge in [-0.05, 0) is 30.0 Å². The summed E-state index contributed by atoms with van der Waals surface area (Å²) < 4.78 is 24.1. The summed E-state index contributed by atoms with van der Waals surface area (Å²) in [6.07, 6.45) is 1.01. The largest absolute Gasteiger partial charge is 0.340 e. The average Bonchev–Trinajstić information content (AvgIpc) is 2.32. The topological polar surface area (TPSA) is 54.5 Å². The summed E-state index contributed by atoms with van der Waals surface area (Å²) >= 11 is 5.91. The zero-order valence-electron chi connectivity index (χ0n) is 13.0. The molecular weight excluding hydrogens is 322 g/mol. The van der Waals surface area contributed by atoms with Crippen molar-refractivity contribution in [3.8, 4) is 0 Å². The Hall–Kier alpha value is -1.07. The quantitative estimate of drug-likeness (QED) is 0.797. The molecule has 22 heavy (non-hydrogen) atoms. The second-order valence-electron chi connectivity index (χ2n) is 6.27. The highest BCUT2D eigenvalue weighted by molar-refractivity contribution is 7.92. The molecule has 1 heterocycles. The molecule has 1 amide bonds. The number of sulfone groups is 1. The first-order chi connectivity index (χ1) is 10.3. The maximum absolute atomic E-state index is 12.1. The molecular formula is C16H22ClNO3S. The van der Waals surface area contributed by atoms with Crippen molar-refractivity contribution < 1.29 is 13.2 Å². The zero-order valence-corrected chi connectivity index (χ0v) is 14.5. The first-order valence-electron chi connectivity index (χ1n) is 7.51. The molecule has 0 aliphatic carbocycles. The van der Waals surface area contributed by atoms with Gasteiger partial charge in [0.15, 0.2) is 9.84 Å². The molecule has 1 aromatic rings. The second kappa shape index (κ2) is 7.01. The Morgan fingerprint density at radius 1 is 1.36 bits per heavy atom. The molecule has 4 nitrogen and oxygen atoms in total. The van der Waals surface area contributed by atoms with Crippen LogP contribution in [0.5, 0.6) is 0 Å². The van der Waals surface area contributed by atoms with Gasteiger partial charge < -0.3 is 4.90 Å². The number of amides is 1. The van der Waals surface area contributed by atoms with E-state index in [0.29, 0.717) is 31.0 Å². The summed E-state index contributed by atoms with van der Waals surface area (Å²) in [6, 6.07) is 7.44. The van der Waals surface area contributed by atoms with Crippen LogP contribution in [-0.4, -0.2) is 43.3 Å². The molecule has 6 heteroatoms. The van der Waals surface area contributed by atoms with E-state index in [1.54, 1.807) is 11.0 Å². The SMILES string of the molecule is CC(C)CS(=O)(=O)C1CN(C(=O)CCc2cccc(Cl)c2)C1. The average molecular weight is 344 g/mol. The van der Waals surface area contributed by atoms with E-state index >= 15 is 0 Å². The number of hydrogen-bond acceptors (Lipinski definition) is 3. The van der Waals surface area contributed by atoms with Crippen molar-refractivity contribution in [3.05, 3.63) is 34.9 Å². The fourth-order valence-electron chi connectivity index (χ4n) is 2.57. The highest BCUT2D eigenvalue weighted by Gasteiger charge is 2.39. The van der Waals surface area contributed by atoms with Crippen molar-refractivity contribution in [2.75, 3.05) is 18.8 Å². The number of rotatable bonds is 6. The van der Waals surface area contributed by atoms with Crippen LogP contribution >= 0.6 is 11.6 Å². The first-order valence-corrected chi connectivity index (χ1v) is 9.61. The van der Waals surface area contributed by atoms with Gasteiger partial charge in [-0.15, -0.1) is 0 Å². The van der Waals surface area contributed by atoms with Gasteiger partial charge in [-0.3, -0.25) is 4.79 Å². The maximum atomic E-state index is 12.1. The Kier molecular flexibility index (Phi) is 5.50. The number of aryl methyl sites for hydroxylation is 1. The Balaban J connectivity index is 1.80. The molecule has 1 saturated heterocycles. The van der Waals surface area contributed by atoms with Gasteiger partial charge in [-0.25, -0.2) is 8.42 Å². The van der Waals surface area contributed by atoms with Crippen LogP contribution in [0, 0.1) is 5.92 Å². The third-order valence-corrected chi connectivity index (χ3v) is 6.47. The van der Waals surface area contributed by atoms with Crippen molar-refractivity contribution in [2.24, 2.45) is 5.92 Å². The lowest BCUT2D eigenvalue weighted by molar-refractivity contribution is -0.134. The van der Waals surface area contributed by atoms with E-state index < -0.39 is 9.84 Å². The molecule has 0 aromatic heterocycles. The van der Waals surface area contributed by atoms with Gasteiger partial charge in [0.25, 0.3) is 0 Å². The minimum atomic E-state index is -3.07. The van der Waals surface area contributed by atoms with E-state index in [-0.39, 0.29) is 22.8 Å². The van der Waals surface area contributed by atoms with E-state index in [1.807, 2.05) is 32.0 Å². The Morgan fingerprint density at radius 3 is 2.64 bits per heavy atom. The molecule has 2 rings (SSSR count). The van der Waals surface area contributed by atoms with Crippen molar-refractivity contribution in [3.63, 3.8) is 0 Å². The van der Waals surface area contributed by atoms with E-state index in [9.17, 15) is 13.2 Å². The number of carbonyl (C=O) groups excluding carboxylic acids is 1. The molecule has 0 N–H and O–H groups in total. The molecule has 1 aliphatic heterocycles. The predicted octanol–water partition coefficient (Wildman–Crippen LogP) is 2.55. The summed E-state index contributed by atoms with van der Waals surface area (Å²) in [5, 5.41) is 0.277. The predicted molar refractivity (Wildman–Crippen MR) is 88.8 cm³/mol. The van der Waals surface area contributed by atoms with Crippen LogP contribution in [0.15, 0.2) is 24.3 Å². The van der Waals surface area contributed by atoms with Crippen LogP contribution in [0.1, 0.15) is 25.8 Å². The van der Waals surface area contributed by atoms with Gasteiger partial charge in [-0.2, -0.15) is 0 Å². The van der Waals surface area contributed by atoms with Crippen LogP contribution in [0.3, 0.4) is 0 Å². The second-order valence-corrected chi connectivity index (χ2v) is 9.04. The number of likely N-dealkylation sites (tertiary alicyclic amines) is 1. The first kappa shape index (κ1) is 17.3. The minimum Gasteiger partial charge on any atom is -0.340 e. The number of nitrogens with zero attached hydrogens (tertiary/aromatic N) is 1. The maximum Gasteiger partial charge on any atom is 0.222 e. The van der Waals surface area contributed by atoms with Crippen molar-refractivity contribution in [2.45, 2.75) is 31.9 Å². The van der Waals surface area contributed by atoms with Crippen LogP contribution in [0.25, 0.3) is 0 Å². The third-order valence-electron chi connectivity index (χ3n) is 3.79. The molecule has 0 unspecified atom stereocenters. The molecule has 0 atom stereocenters. The molecule has 122 valence electrons. The molecule has 1 fully saturated rings. The highest BCUT2D eigenvalue weighted by Crippen LogP contribution is 2.21. The fourth-order valence-corrected chi connectivity index (χ4v) is 4.80. The van der Waals surface area contributed by atoms with Crippen LogP contribution < -0.4 is 0 Å². The molecule has 0 saturated carbocycles. The molecule has 0 bridgehead atoms. The smallest absolute Gasteiger partial charge is 0.222 e. The lowest BCUT2D eigenvalue weighted by atomic mass is 10.1. The summed E-state index contributed by atoms with van der Waals surface area (Å²) in [6.45, 7) is 4.46. The number of benzene rings is 1. The van der Waals surface area contributed by atoms with Crippen molar-refractivity contribution in [1.29, 1.82) is 0 Å². The molecule has 0 radical (unpaired) electrons. The normalized spacial score (nSPS) is 15.9. The van der Waals surface area contributed by atoms with Crippen LogP contribution in [0.2, 0.25) is 5.02 Å². The summed E-state index contributed by atoms with van der Waals surface area (Å²) in [7, 11) is -3.07. The summed E-state index contributed by atoms with van der Waals surface area (Å²) in [5.41, 5.74) is 1.02. The van der Waals surface area contributed by atoms with Crippen LogP contribution in [-0.2, 0) is 21.1 Å². The van der Waals surface area contributed by atoms with Crippen molar-refractivity contribution in [1.82, 2.24) is 4.90 Å². The third kappa shape index (κ3) is 4.46. The van der Waals surface area contributed by atoms with E-state index in [0.717, 1.165) is 5.56 Å². The van der Waals surface area contributed by atoms with E-state index in [2.05, 4.69) is 0 Å². The Labute approximate surface area is 137 Å². The van der Waals surface area contributed by atoms with Gasteiger partial charge >= 0.3 is 0 Å². The van der Waals surface area contributed by atoms with Crippen molar-refractivity contribution >= 4 is 27.3 Å². The zero-order chi connectivity index (χ0) is 16.3. The number of halogens is 1. The van der Waals surface area contributed by atoms with Gasteiger partial charge in [0.2, 0.25) is 5.91 Å². The molecule has 1 aromatic carbocycles. The van der Waals surface area contributed by atoms with Gasteiger partial charge in [-0.1, -0.05) is 37.6 Å². The van der Waals surface area contributed by atoms with E-state index in [4.69, 9.17) is 11.6 Å². The summed E-state index contributed by atoms with van der Waals surface area (Å²) in [5.74, 6) is 0.330. The van der Waals surface area contributed by atoms with Gasteiger partial charge in [0, 0.05) is 24.5 Å². The van der Waals surface area contributed by atoms with Gasteiger partial charge in [0.05, 0.1) is 11.0 Å². The molecule has 1 aliphatic rings. The fraction of sp³-hybridized carbons (Fsp3) is 0.562. The lowest BCUT2D eigenvalue weighted by Crippen LogP contribution is -2.57. The highest BCUT2D eigenvalue weighted by atomic mass is 35.5. The number of hydrogen-bond donors (Lipinski definition) is 0. The Bertz CT molecular complexity index is 637. The van der Waals surface area contributed by atoms with Gasteiger partial charge in [0.1, 0.15) is 0 Å². The lowest BCUT2D eigenvalue weighted by Gasteiger charge is -2.39. The summed E-state index contributed by atoms with van der Waals surface area (Å²) in [4.78, 5) is 13.7. The Morgan fingerprint density at radius 2 is 2.05 bits per heavy atom. The molecule has 0 spiro atoms. The monoisotopic (exact) mass is 343 g/mol. The van der Waals surface area contributed by atoms with E-state index in [1.165, 1.54) is 0 Å². The number of carbonyl (C=O) groups is 1. The standard InChI is InChI=1S/C16H22ClNO3S/c1-12(2)11-22(20,21)15-9-18(10-15)16(19)7-6-13-4-3-5-14(17)8-13/h3-5,8,12,15H,6-7,9-11H2,1-2H3. The van der Waals surface area contributed by atoms with Crippen LogP contribution in [0.4, 0.5) is 0 Å².